The van der Waals surface area contributed by atoms with E-state index in [1.54, 1.807) is 0 Å². The van der Waals surface area contributed by atoms with Gasteiger partial charge in [0, 0.05) is 50.5 Å². The number of hydrogen-bond acceptors (Lipinski definition) is 2. The molecule has 2 nitrogen and oxygen atoms in total. The van der Waals surface area contributed by atoms with Gasteiger partial charge in [0.05, 0.1) is 17.4 Å². The van der Waals surface area contributed by atoms with Crippen molar-refractivity contribution in [1.29, 1.82) is 0 Å². The van der Waals surface area contributed by atoms with Crippen molar-refractivity contribution >= 4 is 66.8 Å². The van der Waals surface area contributed by atoms with Gasteiger partial charge in [0.1, 0.15) is 0 Å². The molecule has 0 saturated carbocycles. The number of benzene rings is 9. The molecular formula is C68H56N2. The van der Waals surface area contributed by atoms with Crippen LogP contribution >= 0.6 is 0 Å². The Kier molecular flexibility index (Phi) is 9.09. The number of rotatable bonds is 6. The van der Waals surface area contributed by atoms with E-state index in [0.717, 1.165) is 12.8 Å². The van der Waals surface area contributed by atoms with Gasteiger partial charge < -0.3 is 9.80 Å². The van der Waals surface area contributed by atoms with E-state index in [0.29, 0.717) is 11.8 Å². The fourth-order valence-corrected chi connectivity index (χ4v) is 13.8. The van der Waals surface area contributed by atoms with Crippen LogP contribution in [0.1, 0.15) is 79.8 Å². The molecule has 0 saturated heterocycles. The summed E-state index contributed by atoms with van der Waals surface area (Å²) in [6.07, 6.45) is 19.2. The van der Waals surface area contributed by atoms with Crippen LogP contribution in [-0.4, -0.2) is 6.04 Å². The molecule has 0 aromatic heterocycles. The predicted molar refractivity (Wildman–Crippen MR) is 296 cm³/mol. The molecule has 0 aliphatic heterocycles. The van der Waals surface area contributed by atoms with E-state index in [2.05, 4.69) is 256 Å². The molecule has 0 heterocycles. The molecule has 0 fully saturated rings. The van der Waals surface area contributed by atoms with Gasteiger partial charge in [-0.2, -0.15) is 0 Å². The van der Waals surface area contributed by atoms with E-state index in [9.17, 15) is 0 Å². The second-order valence-corrected chi connectivity index (χ2v) is 21.5. The Bertz CT molecular complexity index is 3690. The minimum Gasteiger partial charge on any atom is -0.333 e. The van der Waals surface area contributed by atoms with Crippen LogP contribution in [0.3, 0.4) is 0 Å². The molecule has 0 N–H and O–H groups in total. The van der Waals surface area contributed by atoms with Crippen molar-refractivity contribution in [3.63, 3.8) is 0 Å². The standard InChI is InChI=1S/C68H56N2/c1-67(2)57-39-37-54-53(65(57)55-35-33-47(41-59(55)67)69(61-29-13-21-43-17-5-9-25-49(43)61)62-30-14-22-44-18-6-10-26-50(44)62)38-40-58-66(54)56-36-34-48(42-60(56)68(58,3)4)70(63-31-15-23-45-19-7-11-27-51(45)63)64-32-16-24-46-20-8-12-28-52(46)64/h5-11,13-27,29-42,52,58,64,66H,12,28H2,1-4H3. The van der Waals surface area contributed by atoms with Crippen LogP contribution in [0.15, 0.2) is 218 Å². The second kappa shape index (κ2) is 15.4. The molecule has 4 atom stereocenters. The van der Waals surface area contributed by atoms with Crippen LogP contribution in [0.4, 0.5) is 28.4 Å². The minimum atomic E-state index is -0.201. The molecule has 70 heavy (non-hydrogen) atoms. The SMILES string of the molecule is CC1(C)c2cc(N(c3cccc4ccccc34)c3cccc4ccccc34)ccc2-c2c1ccc1c2C=CC2C1c1ccc(N(c3cccc4ccccc34)C3C=CC=C4C=CCCC43)cc1C2(C)C. The summed E-state index contributed by atoms with van der Waals surface area (Å²) in [5, 5.41) is 7.52. The van der Waals surface area contributed by atoms with E-state index >= 15 is 0 Å². The normalized spacial score (nSPS) is 20.6. The van der Waals surface area contributed by atoms with E-state index in [4.69, 9.17) is 0 Å². The summed E-state index contributed by atoms with van der Waals surface area (Å²) in [5.74, 6) is 1.04. The first-order valence-electron chi connectivity index (χ1n) is 25.5. The van der Waals surface area contributed by atoms with Crippen molar-refractivity contribution in [1.82, 2.24) is 0 Å². The summed E-state index contributed by atoms with van der Waals surface area (Å²) in [6, 6.07) is 66.8. The molecule has 0 amide bonds. The van der Waals surface area contributed by atoms with Crippen LogP contribution in [-0.2, 0) is 10.8 Å². The van der Waals surface area contributed by atoms with Crippen molar-refractivity contribution < 1.29 is 0 Å². The Morgan fingerprint density at radius 1 is 0.514 bits per heavy atom. The molecular weight excluding hydrogens is 845 g/mol. The van der Waals surface area contributed by atoms with Gasteiger partial charge in [-0.05, 0) is 133 Å². The summed E-state index contributed by atoms with van der Waals surface area (Å²) in [4.78, 5) is 5.18. The first-order chi connectivity index (χ1) is 34.3. The zero-order valence-electron chi connectivity index (χ0n) is 40.4. The van der Waals surface area contributed by atoms with Crippen molar-refractivity contribution in [3.8, 4) is 11.1 Å². The summed E-state index contributed by atoms with van der Waals surface area (Å²) >= 11 is 0. The maximum absolute atomic E-state index is 2.68. The maximum Gasteiger partial charge on any atom is 0.0594 e. The quantitative estimate of drug-likeness (QED) is 0.164. The number of hydrogen-bond donors (Lipinski definition) is 0. The molecule has 0 spiro atoms. The van der Waals surface area contributed by atoms with Gasteiger partial charge >= 0.3 is 0 Å². The van der Waals surface area contributed by atoms with Gasteiger partial charge in [0.15, 0.2) is 0 Å². The van der Waals surface area contributed by atoms with Crippen LogP contribution in [0.5, 0.6) is 0 Å². The van der Waals surface area contributed by atoms with Crippen LogP contribution < -0.4 is 9.80 Å². The number of nitrogens with zero attached hydrogens (tertiary/aromatic N) is 2. The third kappa shape index (κ3) is 5.99. The lowest BCUT2D eigenvalue weighted by Gasteiger charge is -2.41. The Balaban J connectivity index is 0.898. The van der Waals surface area contributed by atoms with Gasteiger partial charge in [-0.15, -0.1) is 0 Å². The Hall–Kier alpha value is -7.68. The lowest BCUT2D eigenvalue weighted by molar-refractivity contribution is 0.390. The van der Waals surface area contributed by atoms with Gasteiger partial charge in [-0.3, -0.25) is 0 Å². The number of fused-ring (bicyclic) bond motifs is 13. The summed E-state index contributed by atoms with van der Waals surface area (Å²) in [5.41, 5.74) is 18.6. The summed E-state index contributed by atoms with van der Waals surface area (Å²) in [6.45, 7) is 9.86. The number of allylic oxidation sites excluding steroid dienone is 5. The first-order valence-corrected chi connectivity index (χ1v) is 25.5. The summed E-state index contributed by atoms with van der Waals surface area (Å²) < 4.78 is 0. The lowest BCUT2D eigenvalue weighted by Crippen LogP contribution is -2.39. The lowest BCUT2D eigenvalue weighted by atomic mass is 9.69. The topological polar surface area (TPSA) is 6.48 Å². The molecule has 2 heteroatoms. The molecule has 0 radical (unpaired) electrons. The molecule has 9 aromatic rings. The monoisotopic (exact) mass is 900 g/mol. The molecule has 4 unspecified atom stereocenters. The highest BCUT2D eigenvalue weighted by Crippen LogP contribution is 2.61. The Labute approximate surface area is 412 Å². The zero-order valence-corrected chi connectivity index (χ0v) is 40.4. The van der Waals surface area contributed by atoms with Crippen molar-refractivity contribution in [2.45, 2.75) is 63.3 Å². The van der Waals surface area contributed by atoms with Gasteiger partial charge in [0.2, 0.25) is 0 Å². The number of anilines is 5. The van der Waals surface area contributed by atoms with Gasteiger partial charge in [-0.1, -0.05) is 204 Å². The average molecular weight is 901 g/mol. The van der Waals surface area contributed by atoms with Gasteiger partial charge in [-0.25, -0.2) is 0 Å². The van der Waals surface area contributed by atoms with E-state index < -0.39 is 0 Å². The zero-order chi connectivity index (χ0) is 46.9. The summed E-state index contributed by atoms with van der Waals surface area (Å²) in [7, 11) is 0. The second-order valence-electron chi connectivity index (χ2n) is 21.5. The highest BCUT2D eigenvalue weighted by Gasteiger charge is 2.49. The first kappa shape index (κ1) is 41.3. The Morgan fingerprint density at radius 3 is 1.81 bits per heavy atom. The van der Waals surface area contributed by atoms with E-state index in [1.807, 2.05) is 0 Å². The molecule has 14 rings (SSSR count). The van der Waals surface area contributed by atoms with E-state index in [-0.39, 0.29) is 22.8 Å². The third-order valence-electron chi connectivity index (χ3n) is 17.2. The van der Waals surface area contributed by atoms with Crippen LogP contribution in [0.25, 0.3) is 49.5 Å². The minimum absolute atomic E-state index is 0.0759. The van der Waals surface area contributed by atoms with Crippen LogP contribution in [0.2, 0.25) is 0 Å². The largest absolute Gasteiger partial charge is 0.333 e. The average Bonchev–Trinajstić information content (AvgIpc) is 3.78. The third-order valence-corrected chi connectivity index (χ3v) is 17.2. The maximum atomic E-state index is 2.68. The fourth-order valence-electron chi connectivity index (χ4n) is 13.8. The van der Waals surface area contributed by atoms with Crippen molar-refractivity contribution in [3.05, 3.63) is 251 Å². The predicted octanol–water partition coefficient (Wildman–Crippen LogP) is 18.0. The Morgan fingerprint density at radius 2 is 1.11 bits per heavy atom. The highest BCUT2D eigenvalue weighted by atomic mass is 15.2. The van der Waals surface area contributed by atoms with Crippen molar-refractivity contribution in [2.24, 2.45) is 11.8 Å². The smallest absolute Gasteiger partial charge is 0.0594 e. The fraction of sp³-hybridized carbons (Fsp3) is 0.176. The van der Waals surface area contributed by atoms with E-state index in [1.165, 1.54) is 111 Å². The van der Waals surface area contributed by atoms with Crippen LogP contribution in [0, 0.1) is 11.8 Å². The highest BCUT2D eigenvalue weighted by molar-refractivity contribution is 6.05. The molecule has 5 aliphatic rings. The van der Waals surface area contributed by atoms with Gasteiger partial charge in [0.25, 0.3) is 0 Å². The van der Waals surface area contributed by atoms with Crippen molar-refractivity contribution in [2.75, 3.05) is 9.80 Å². The molecule has 338 valence electrons. The molecule has 5 aliphatic carbocycles. The molecule has 0 bridgehead atoms. The molecule has 9 aromatic carbocycles.